The molecule has 4 aromatic carbocycles. The van der Waals surface area contributed by atoms with Gasteiger partial charge in [0.25, 0.3) is 5.91 Å². The smallest absolute Gasteiger partial charge is 0.252 e. The Morgan fingerprint density at radius 1 is 0.682 bits per heavy atom. The maximum atomic E-state index is 14.4. The number of nitrogens with zero attached hydrogens (tertiary/aromatic N) is 12. The summed E-state index contributed by atoms with van der Waals surface area (Å²) in [6.07, 6.45) is 12.9. The largest absolute Gasteiger partial charge is 0.488 e. The van der Waals surface area contributed by atoms with Crippen molar-refractivity contribution < 1.29 is 19.0 Å². The highest BCUT2D eigenvalue weighted by Gasteiger charge is 2.31. The van der Waals surface area contributed by atoms with Crippen LogP contribution in [0.1, 0.15) is 80.5 Å². The van der Waals surface area contributed by atoms with Gasteiger partial charge in [0.1, 0.15) is 35.0 Å². The van der Waals surface area contributed by atoms with Gasteiger partial charge < -0.3 is 36.7 Å². The third kappa shape index (κ3) is 9.11. The van der Waals surface area contributed by atoms with Crippen molar-refractivity contribution in [3.63, 3.8) is 0 Å². The molecule has 15 rings (SSSR count). The van der Waals surface area contributed by atoms with E-state index < -0.39 is 6.29 Å². The number of carbonyl (C=O) groups is 1. The lowest BCUT2D eigenvalue weighted by molar-refractivity contribution is -0.0459. The molecule has 2 atom stereocenters. The van der Waals surface area contributed by atoms with Crippen LogP contribution < -0.4 is 27.3 Å². The molecule has 9 heterocycles. The minimum atomic E-state index is -0.675. The van der Waals surface area contributed by atoms with Crippen LogP contribution in [0.5, 0.6) is 5.75 Å². The molecular formula is C65H54N16O4. The first-order valence-corrected chi connectivity index (χ1v) is 28.0. The number of benzene rings is 4. The fraction of sp³-hybridized carbons (Fsp3) is 0.154. The Labute approximate surface area is 486 Å². The first-order chi connectivity index (χ1) is 41.7. The van der Waals surface area contributed by atoms with E-state index in [1.807, 2.05) is 112 Å². The van der Waals surface area contributed by atoms with Crippen molar-refractivity contribution >= 4 is 45.9 Å². The van der Waals surface area contributed by atoms with Crippen LogP contribution in [0.3, 0.4) is 0 Å². The van der Waals surface area contributed by atoms with Gasteiger partial charge >= 0.3 is 0 Å². The van der Waals surface area contributed by atoms with Gasteiger partial charge in [-0.3, -0.25) is 13.9 Å². The van der Waals surface area contributed by atoms with E-state index in [0.29, 0.717) is 123 Å². The number of nitrogens with one attached hydrogen (secondary N) is 1. The van der Waals surface area contributed by atoms with Crippen LogP contribution in [0.2, 0.25) is 0 Å². The van der Waals surface area contributed by atoms with Gasteiger partial charge in [-0.2, -0.15) is 10.2 Å². The van der Waals surface area contributed by atoms with Gasteiger partial charge in [0.2, 0.25) is 0 Å². The lowest BCUT2D eigenvalue weighted by Gasteiger charge is -2.20. The van der Waals surface area contributed by atoms with E-state index in [9.17, 15) is 4.79 Å². The quantitative estimate of drug-likeness (QED) is 0.0790. The average molecular weight is 1120 g/mol. The Morgan fingerprint density at radius 2 is 1.34 bits per heavy atom. The number of ether oxygens (including phenoxy) is 3. The summed E-state index contributed by atoms with van der Waals surface area (Å²) in [4.78, 5) is 43.9. The number of rotatable bonds is 14. The molecule has 0 spiro atoms. The molecule has 1 fully saturated rings. The first-order valence-electron chi connectivity index (χ1n) is 28.0. The third-order valence-electron chi connectivity index (χ3n) is 16.1. The predicted molar refractivity (Wildman–Crippen MR) is 322 cm³/mol. The zero-order valence-corrected chi connectivity index (χ0v) is 45.8. The Bertz CT molecular complexity index is 4620. The summed E-state index contributed by atoms with van der Waals surface area (Å²) in [5.74, 6) is 3.31. The van der Waals surface area contributed by atoms with Crippen molar-refractivity contribution in [2.75, 3.05) is 24.7 Å². The third-order valence-corrected chi connectivity index (χ3v) is 16.1. The summed E-state index contributed by atoms with van der Waals surface area (Å²) in [6.45, 7) is 5.26. The number of carbonyl (C=O) groups excluding carboxylic acids is 1. The SMILES string of the molecule is C=Cc1cc(OCc2ccccc2)c(C2OCCO2)cc1C(=O)N[C@H]1CCc2cc(-n3c(-c4cccnc4N)nc4ccc(-n5nccc5-c5cnn(-c6ccc7nc(-c8cccnc8N)n(-c8ccc9c(c8)CC[C@@H]9N)c7n6)c5)nc43)ccc21. The number of nitrogen functional groups attached to an aromatic ring is 2. The summed E-state index contributed by atoms with van der Waals surface area (Å²) in [5.41, 5.74) is 33.8. The molecule has 20 nitrogen and oxygen atoms in total. The van der Waals surface area contributed by atoms with Gasteiger partial charge in [-0.05, 0) is 150 Å². The molecule has 0 unspecified atom stereocenters. The van der Waals surface area contributed by atoms with E-state index in [0.717, 1.165) is 57.7 Å². The van der Waals surface area contributed by atoms with Gasteiger partial charge in [0, 0.05) is 47.1 Å². The molecule has 12 aromatic rings. The van der Waals surface area contributed by atoms with Gasteiger partial charge in [-0.15, -0.1) is 0 Å². The van der Waals surface area contributed by atoms with Crippen LogP contribution in [0, 0.1) is 0 Å². The molecule has 1 saturated heterocycles. The lowest BCUT2D eigenvalue weighted by atomic mass is 10.00. The van der Waals surface area contributed by atoms with Crippen molar-refractivity contribution in [2.45, 2.75) is 50.7 Å². The normalized spacial score (nSPS) is 15.6. The molecule has 0 radical (unpaired) electrons. The number of hydrogen-bond acceptors (Lipinski definition) is 15. The van der Waals surface area contributed by atoms with Gasteiger partial charge in [-0.25, -0.2) is 39.3 Å². The van der Waals surface area contributed by atoms with Crippen molar-refractivity contribution in [3.05, 3.63) is 216 Å². The van der Waals surface area contributed by atoms with Crippen molar-refractivity contribution in [1.29, 1.82) is 0 Å². The fourth-order valence-corrected chi connectivity index (χ4v) is 12.0. The molecule has 1 aliphatic heterocycles. The molecule has 3 aliphatic rings. The monoisotopic (exact) mass is 1120 g/mol. The highest BCUT2D eigenvalue weighted by atomic mass is 16.7. The number of anilines is 2. The van der Waals surface area contributed by atoms with Gasteiger partial charge in [0.05, 0.1) is 54.0 Å². The van der Waals surface area contributed by atoms with E-state index in [1.54, 1.807) is 46.3 Å². The standard InChI is InChI=1S/C65H54N16O4/c1-2-38-32-55(85-36-37-8-4-3-5-9-37)49(65-83-28-29-84-65)33-48(38)64(82)75-51-19-13-40-31-43(15-17-45(40)51)80-61(47-11-7-26-70-59(47)68)74-53-21-23-57(77-63(53)80)81-54(24-27-71-81)41-34-72-78(35-41)56-22-20-52-62(76-56)79(60(73-52)46-10-6-25-69-58(46)67)42-14-16-44-39(30-42)12-18-50(44)66/h2-11,14-17,20-27,30-35,50-51,65H,1,12-13,18-19,28-29,36,66H2,(H2,67,69)(H2,68,70)(H,75,82)/t50-,51-/m0/s1. The molecule has 1 amide bonds. The zero-order valence-electron chi connectivity index (χ0n) is 45.8. The second-order valence-corrected chi connectivity index (χ2v) is 21.2. The van der Waals surface area contributed by atoms with Crippen LogP contribution in [-0.2, 0) is 28.9 Å². The summed E-state index contributed by atoms with van der Waals surface area (Å²) in [6, 6.07) is 42.9. The average Bonchev–Trinajstić information content (AvgIpc) is 2.09. The lowest BCUT2D eigenvalue weighted by Crippen LogP contribution is -2.28. The maximum Gasteiger partial charge on any atom is 0.252 e. The first kappa shape index (κ1) is 51.2. The molecule has 8 aromatic heterocycles. The number of aryl methyl sites for hydroxylation is 2. The second kappa shape index (κ2) is 20.9. The fourth-order valence-electron chi connectivity index (χ4n) is 12.0. The van der Waals surface area contributed by atoms with E-state index >= 15 is 0 Å². The topological polar surface area (TPSA) is 258 Å². The molecule has 20 heteroatoms. The molecule has 2 aliphatic carbocycles. The van der Waals surface area contributed by atoms with Gasteiger partial charge in [-0.1, -0.05) is 55.1 Å². The second-order valence-electron chi connectivity index (χ2n) is 21.2. The van der Waals surface area contributed by atoms with Crippen LogP contribution >= 0.6 is 0 Å². The van der Waals surface area contributed by atoms with E-state index in [4.69, 9.17) is 61.5 Å². The summed E-state index contributed by atoms with van der Waals surface area (Å²) in [5, 5.41) is 13.0. The van der Waals surface area contributed by atoms with Crippen LogP contribution in [0.25, 0.3) is 85.4 Å². The molecule has 7 N–H and O–H groups in total. The van der Waals surface area contributed by atoms with E-state index in [1.165, 1.54) is 5.56 Å². The van der Waals surface area contributed by atoms with Crippen molar-refractivity contribution in [3.8, 4) is 62.8 Å². The highest BCUT2D eigenvalue weighted by molar-refractivity contribution is 5.98. The number of aromatic nitrogens is 12. The van der Waals surface area contributed by atoms with E-state index in [2.05, 4.69) is 52.2 Å². The number of pyridine rings is 4. The highest BCUT2D eigenvalue weighted by Crippen LogP contribution is 2.40. The molecule has 418 valence electrons. The Balaban J connectivity index is 0.747. The van der Waals surface area contributed by atoms with Crippen molar-refractivity contribution in [2.24, 2.45) is 5.73 Å². The molecular weight excluding hydrogens is 1070 g/mol. The van der Waals surface area contributed by atoms with Gasteiger partial charge in [0.15, 0.2) is 40.9 Å². The number of nitrogens with two attached hydrogens (primary N) is 3. The number of fused-ring (bicyclic) bond motifs is 4. The summed E-state index contributed by atoms with van der Waals surface area (Å²) >= 11 is 0. The Kier molecular flexibility index (Phi) is 12.6. The predicted octanol–water partition coefficient (Wildman–Crippen LogP) is 10.1. The molecule has 0 bridgehead atoms. The Morgan fingerprint density at radius 3 is 2.04 bits per heavy atom. The summed E-state index contributed by atoms with van der Waals surface area (Å²) in [7, 11) is 0. The zero-order chi connectivity index (χ0) is 57.3. The van der Waals surface area contributed by atoms with Crippen LogP contribution in [0.4, 0.5) is 11.6 Å². The van der Waals surface area contributed by atoms with Crippen LogP contribution in [-0.4, -0.2) is 77.7 Å². The Hall–Kier alpha value is -10.7. The number of amides is 1. The minimum Gasteiger partial charge on any atom is -0.488 e. The minimum absolute atomic E-state index is 0.00829. The van der Waals surface area contributed by atoms with Crippen molar-refractivity contribution in [1.82, 2.24) is 63.9 Å². The van der Waals surface area contributed by atoms with E-state index in [-0.39, 0.29) is 18.0 Å². The molecule has 85 heavy (non-hydrogen) atoms. The molecule has 0 saturated carbocycles. The maximum absolute atomic E-state index is 14.4. The number of imidazole rings is 2. The summed E-state index contributed by atoms with van der Waals surface area (Å²) < 4.78 is 25.8. The number of hydrogen-bond donors (Lipinski definition) is 4. The van der Waals surface area contributed by atoms with Crippen LogP contribution in [0.15, 0.2) is 171 Å².